The van der Waals surface area contributed by atoms with E-state index in [2.05, 4.69) is 21.3 Å². The Morgan fingerprint density at radius 3 is 2.72 bits per heavy atom. The molecular formula is C21H24ClN5O2. The summed E-state index contributed by atoms with van der Waals surface area (Å²) >= 11 is 6.00. The number of imidazole rings is 1. The largest absolute Gasteiger partial charge is 0.492 e. The van der Waals surface area contributed by atoms with Gasteiger partial charge in [-0.3, -0.25) is 0 Å². The molecule has 8 heteroatoms. The molecule has 1 N–H and O–H groups in total. The Morgan fingerprint density at radius 2 is 1.93 bits per heavy atom. The van der Waals surface area contributed by atoms with Crippen molar-refractivity contribution in [1.82, 2.24) is 19.6 Å². The predicted molar refractivity (Wildman–Crippen MR) is 114 cm³/mol. The van der Waals surface area contributed by atoms with Crippen molar-refractivity contribution in [2.45, 2.75) is 13.5 Å². The van der Waals surface area contributed by atoms with Crippen LogP contribution in [-0.4, -0.2) is 53.1 Å². The lowest BCUT2D eigenvalue weighted by Gasteiger charge is -2.36. The lowest BCUT2D eigenvalue weighted by Crippen LogP contribution is -2.51. The number of carbonyl (C=O) groups excluding carboxylic acids is 1. The number of carbonyl (C=O) groups is 1. The summed E-state index contributed by atoms with van der Waals surface area (Å²) in [5.74, 6) is 0.889. The first-order valence-corrected chi connectivity index (χ1v) is 10.1. The second-order valence-electron chi connectivity index (χ2n) is 6.88. The van der Waals surface area contributed by atoms with Gasteiger partial charge in [0.25, 0.3) is 0 Å². The monoisotopic (exact) mass is 413 g/mol. The molecule has 2 amide bonds. The molecule has 0 radical (unpaired) electrons. The van der Waals surface area contributed by atoms with Crippen LogP contribution < -0.4 is 15.0 Å². The number of aromatic nitrogens is 2. The van der Waals surface area contributed by atoms with Crippen molar-refractivity contribution < 1.29 is 9.53 Å². The first-order valence-electron chi connectivity index (χ1n) is 9.76. The zero-order chi connectivity index (χ0) is 20.2. The van der Waals surface area contributed by atoms with E-state index in [9.17, 15) is 4.79 Å². The fourth-order valence-electron chi connectivity index (χ4n) is 3.53. The average molecular weight is 414 g/mol. The molecule has 1 aliphatic rings. The van der Waals surface area contributed by atoms with Crippen LogP contribution in [0.25, 0.3) is 5.65 Å². The summed E-state index contributed by atoms with van der Waals surface area (Å²) in [5.41, 5.74) is 2.68. The number of benzene rings is 1. The van der Waals surface area contributed by atoms with E-state index in [1.165, 1.54) is 0 Å². The van der Waals surface area contributed by atoms with Gasteiger partial charge in [-0.1, -0.05) is 23.7 Å². The topological polar surface area (TPSA) is 62.1 Å². The summed E-state index contributed by atoms with van der Waals surface area (Å²) in [4.78, 5) is 21.2. The number of anilines is 1. The van der Waals surface area contributed by atoms with Crippen molar-refractivity contribution in [3.8, 4) is 5.75 Å². The minimum absolute atomic E-state index is 0.0715. The molecule has 0 bridgehead atoms. The highest BCUT2D eigenvalue weighted by Crippen LogP contribution is 2.28. The van der Waals surface area contributed by atoms with Crippen LogP contribution in [0.3, 0.4) is 0 Å². The van der Waals surface area contributed by atoms with Gasteiger partial charge in [0.2, 0.25) is 0 Å². The molecule has 1 saturated heterocycles. The highest BCUT2D eigenvalue weighted by atomic mass is 35.5. The summed E-state index contributed by atoms with van der Waals surface area (Å²) in [5, 5.41) is 3.61. The van der Waals surface area contributed by atoms with E-state index < -0.39 is 0 Å². The first-order chi connectivity index (χ1) is 14.1. The number of hydrogen-bond donors (Lipinski definition) is 1. The van der Waals surface area contributed by atoms with Gasteiger partial charge in [0.1, 0.15) is 11.4 Å². The number of pyridine rings is 1. The van der Waals surface area contributed by atoms with Gasteiger partial charge in [0.15, 0.2) is 0 Å². The Bertz CT molecular complexity index is 998. The molecule has 3 aromatic rings. The average Bonchev–Trinajstić information content (AvgIpc) is 3.15. The third-order valence-electron chi connectivity index (χ3n) is 4.96. The normalized spacial score (nSPS) is 14.3. The van der Waals surface area contributed by atoms with Gasteiger partial charge in [-0.2, -0.15) is 0 Å². The Kier molecular flexibility index (Phi) is 5.76. The smallest absolute Gasteiger partial charge is 0.317 e. The van der Waals surface area contributed by atoms with E-state index in [0.717, 1.165) is 35.9 Å². The fourth-order valence-corrected chi connectivity index (χ4v) is 3.69. The molecule has 0 spiro atoms. The quantitative estimate of drug-likeness (QED) is 0.696. The van der Waals surface area contributed by atoms with Crippen molar-refractivity contribution in [2.24, 2.45) is 0 Å². The molecule has 7 nitrogen and oxygen atoms in total. The summed E-state index contributed by atoms with van der Waals surface area (Å²) in [6, 6.07) is 11.6. The van der Waals surface area contributed by atoms with Crippen LogP contribution in [0.4, 0.5) is 10.5 Å². The molecule has 1 fully saturated rings. The summed E-state index contributed by atoms with van der Waals surface area (Å²) in [6.07, 6.45) is 3.68. The minimum atomic E-state index is -0.0715. The van der Waals surface area contributed by atoms with Crippen molar-refractivity contribution >= 4 is 29.0 Å². The van der Waals surface area contributed by atoms with Crippen LogP contribution in [-0.2, 0) is 6.54 Å². The lowest BCUT2D eigenvalue weighted by atomic mass is 10.2. The van der Waals surface area contributed by atoms with Crippen LogP contribution in [0.2, 0.25) is 5.02 Å². The number of halogens is 1. The maximum atomic E-state index is 12.6. The Morgan fingerprint density at radius 1 is 1.14 bits per heavy atom. The molecule has 0 saturated carbocycles. The molecule has 1 aromatic carbocycles. The van der Waals surface area contributed by atoms with Gasteiger partial charge in [-0.15, -0.1) is 0 Å². The molecule has 1 aliphatic heterocycles. The minimum Gasteiger partial charge on any atom is -0.492 e. The second kappa shape index (κ2) is 8.61. The molecule has 2 aromatic heterocycles. The number of nitrogens with one attached hydrogen (secondary N) is 1. The fraction of sp³-hybridized carbons (Fsp3) is 0.333. The van der Waals surface area contributed by atoms with Crippen molar-refractivity contribution in [3.05, 3.63) is 59.5 Å². The Balaban J connectivity index is 1.32. The van der Waals surface area contributed by atoms with E-state index in [0.29, 0.717) is 31.3 Å². The first kappa shape index (κ1) is 19.4. The summed E-state index contributed by atoms with van der Waals surface area (Å²) in [6.45, 7) is 5.85. The number of piperazine rings is 1. The van der Waals surface area contributed by atoms with Gasteiger partial charge in [-0.05, 0) is 31.2 Å². The van der Waals surface area contributed by atoms with Crippen molar-refractivity contribution in [3.63, 3.8) is 0 Å². The van der Waals surface area contributed by atoms with Gasteiger partial charge in [-0.25, -0.2) is 9.78 Å². The highest BCUT2D eigenvalue weighted by molar-refractivity contribution is 6.30. The third-order valence-corrected chi connectivity index (χ3v) is 5.18. The number of hydrogen-bond acceptors (Lipinski definition) is 4. The molecule has 4 rings (SSSR count). The molecule has 29 heavy (non-hydrogen) atoms. The van der Waals surface area contributed by atoms with Gasteiger partial charge in [0, 0.05) is 38.6 Å². The number of rotatable bonds is 5. The van der Waals surface area contributed by atoms with E-state index in [1.54, 1.807) is 12.3 Å². The molecule has 0 aliphatic carbocycles. The number of ether oxygens (including phenoxy) is 1. The second-order valence-corrected chi connectivity index (χ2v) is 7.32. The van der Waals surface area contributed by atoms with Gasteiger partial charge in [0.05, 0.1) is 29.6 Å². The van der Waals surface area contributed by atoms with Crippen molar-refractivity contribution in [1.29, 1.82) is 0 Å². The predicted octanol–water partition coefficient (Wildman–Crippen LogP) is 3.42. The summed E-state index contributed by atoms with van der Waals surface area (Å²) < 4.78 is 7.59. The number of para-hydroxylation sites is 2. The van der Waals surface area contributed by atoms with Crippen molar-refractivity contribution in [2.75, 3.05) is 37.7 Å². The standard InChI is InChI=1S/C21H24ClN5O2/c1-2-29-19-6-4-3-5-18(19)25-9-11-26(12-10-25)21(28)23-13-17-15-27-14-16(22)7-8-20(27)24-17/h3-8,14-15H,2,9-13H2,1H3,(H,23,28). The molecule has 3 heterocycles. The zero-order valence-corrected chi connectivity index (χ0v) is 17.1. The summed E-state index contributed by atoms with van der Waals surface area (Å²) in [7, 11) is 0. The number of fused-ring (bicyclic) bond motifs is 1. The zero-order valence-electron chi connectivity index (χ0n) is 16.3. The highest BCUT2D eigenvalue weighted by Gasteiger charge is 2.23. The van der Waals surface area contributed by atoms with E-state index in [-0.39, 0.29) is 6.03 Å². The molecular weight excluding hydrogens is 390 g/mol. The molecule has 152 valence electrons. The number of nitrogens with zero attached hydrogens (tertiary/aromatic N) is 4. The lowest BCUT2D eigenvalue weighted by molar-refractivity contribution is 0.193. The van der Waals surface area contributed by atoms with Crippen LogP contribution in [0.15, 0.2) is 48.8 Å². The van der Waals surface area contributed by atoms with Crippen LogP contribution in [0.1, 0.15) is 12.6 Å². The van der Waals surface area contributed by atoms with Gasteiger partial charge < -0.3 is 24.3 Å². The van der Waals surface area contributed by atoms with E-state index in [4.69, 9.17) is 16.3 Å². The third kappa shape index (κ3) is 4.40. The maximum Gasteiger partial charge on any atom is 0.317 e. The SMILES string of the molecule is CCOc1ccccc1N1CCN(C(=O)NCc2cn3cc(Cl)ccc3n2)CC1. The van der Waals surface area contributed by atoms with Crippen LogP contribution >= 0.6 is 11.6 Å². The maximum absolute atomic E-state index is 12.6. The number of amides is 2. The van der Waals surface area contributed by atoms with E-state index in [1.807, 2.05) is 46.7 Å². The molecule has 0 unspecified atom stereocenters. The van der Waals surface area contributed by atoms with E-state index >= 15 is 0 Å². The Labute approximate surface area is 174 Å². The number of urea groups is 1. The van der Waals surface area contributed by atoms with Gasteiger partial charge >= 0.3 is 6.03 Å². The van der Waals surface area contributed by atoms with Crippen LogP contribution in [0.5, 0.6) is 5.75 Å². The van der Waals surface area contributed by atoms with Crippen LogP contribution in [0, 0.1) is 0 Å². The molecule has 0 atom stereocenters. The Hall–Kier alpha value is -2.93.